The molecular weight excluding hydrogens is 481 g/mol. The molecule has 0 radical (unpaired) electrons. The minimum absolute atomic E-state index is 0. The van der Waals surface area contributed by atoms with Gasteiger partial charge in [0.1, 0.15) is 0 Å². The molecule has 2 unspecified atom stereocenters. The van der Waals surface area contributed by atoms with Crippen molar-refractivity contribution in [2.75, 3.05) is 53.4 Å². The third kappa shape index (κ3) is 8.20. The second kappa shape index (κ2) is 12.9. The Bertz CT molecular complexity index is 513. The Kier molecular flexibility index (Phi) is 11.8. The number of halogens is 1. The van der Waals surface area contributed by atoms with Crippen LogP contribution in [0.1, 0.15) is 52.9 Å². The highest BCUT2D eigenvalue weighted by Gasteiger charge is 2.42. The molecule has 2 aliphatic rings. The monoisotopic (exact) mass is 523 g/mol. The van der Waals surface area contributed by atoms with Gasteiger partial charge in [-0.1, -0.05) is 12.8 Å². The Morgan fingerprint density at radius 1 is 1.17 bits per heavy atom. The maximum atomic E-state index is 12.7. The summed E-state index contributed by atoms with van der Waals surface area (Å²) < 4.78 is 5.80. The van der Waals surface area contributed by atoms with Gasteiger partial charge in [-0.2, -0.15) is 0 Å². The van der Waals surface area contributed by atoms with E-state index >= 15 is 0 Å². The van der Waals surface area contributed by atoms with Crippen molar-refractivity contribution in [2.24, 2.45) is 10.4 Å². The first kappa shape index (κ1) is 26.4. The van der Waals surface area contributed by atoms with Gasteiger partial charge in [0.25, 0.3) is 0 Å². The summed E-state index contributed by atoms with van der Waals surface area (Å²) in [7, 11) is 3.70. The van der Waals surface area contributed by atoms with Gasteiger partial charge in [0.2, 0.25) is 5.91 Å². The molecule has 2 fully saturated rings. The largest absolute Gasteiger partial charge is 0.373 e. The van der Waals surface area contributed by atoms with E-state index in [2.05, 4.69) is 36.3 Å². The molecule has 170 valence electrons. The predicted molar refractivity (Wildman–Crippen MR) is 130 cm³/mol. The first-order valence-electron chi connectivity index (χ1n) is 11.0. The van der Waals surface area contributed by atoms with E-state index in [0.29, 0.717) is 18.8 Å². The van der Waals surface area contributed by atoms with Gasteiger partial charge in [0, 0.05) is 46.8 Å². The van der Waals surface area contributed by atoms with E-state index in [0.717, 1.165) is 70.8 Å². The number of aliphatic imine (C=N–C) groups is 1. The van der Waals surface area contributed by atoms with E-state index in [-0.39, 0.29) is 35.3 Å². The van der Waals surface area contributed by atoms with Crippen LogP contribution in [0.2, 0.25) is 0 Å². The molecule has 2 N–H and O–H groups in total. The number of guanidine groups is 1. The summed E-state index contributed by atoms with van der Waals surface area (Å²) in [5.41, 5.74) is -0.314. The molecule has 0 spiro atoms. The first-order chi connectivity index (χ1) is 13.4. The van der Waals surface area contributed by atoms with Crippen LogP contribution in [0, 0.1) is 5.41 Å². The molecule has 0 bridgehead atoms. The average molecular weight is 524 g/mol. The minimum Gasteiger partial charge on any atom is -0.373 e. The molecule has 8 heteroatoms. The molecule has 0 aromatic carbocycles. The summed E-state index contributed by atoms with van der Waals surface area (Å²) in [5, 5.41) is 6.77. The van der Waals surface area contributed by atoms with E-state index in [1.807, 2.05) is 14.1 Å². The molecule has 1 amide bonds. The number of carbonyl (C=O) groups excluding carboxylic acids is 1. The summed E-state index contributed by atoms with van der Waals surface area (Å²) in [6.45, 7) is 11.7. The molecule has 0 aromatic heterocycles. The number of nitrogens with one attached hydrogen (secondary N) is 2. The van der Waals surface area contributed by atoms with Crippen LogP contribution in [0.4, 0.5) is 0 Å². The number of ether oxygens (including phenoxy) is 1. The number of hydrogen-bond acceptors (Lipinski definition) is 4. The highest BCUT2D eigenvalue weighted by Crippen LogP contribution is 2.39. The lowest BCUT2D eigenvalue weighted by Crippen LogP contribution is -2.46. The van der Waals surface area contributed by atoms with Crippen molar-refractivity contribution in [3.63, 3.8) is 0 Å². The van der Waals surface area contributed by atoms with Crippen LogP contribution in [-0.4, -0.2) is 87.2 Å². The van der Waals surface area contributed by atoms with Gasteiger partial charge in [-0.25, -0.2) is 0 Å². The number of rotatable bonds is 8. The fourth-order valence-electron chi connectivity index (χ4n) is 4.51. The SMILES string of the molecule is CCNC(=NCC1(C(=O)N(C)C)CCCC1)NCCCN1CC(C)OC(C)C1.I. The number of carbonyl (C=O) groups is 1. The van der Waals surface area contributed by atoms with Crippen molar-refractivity contribution >= 4 is 35.8 Å². The average Bonchev–Trinajstić information content (AvgIpc) is 3.11. The zero-order chi connectivity index (χ0) is 20.6. The van der Waals surface area contributed by atoms with Crippen LogP contribution in [-0.2, 0) is 9.53 Å². The third-order valence-electron chi connectivity index (χ3n) is 5.74. The van der Waals surface area contributed by atoms with Gasteiger partial charge >= 0.3 is 0 Å². The molecule has 1 saturated heterocycles. The van der Waals surface area contributed by atoms with Gasteiger partial charge < -0.3 is 20.3 Å². The summed E-state index contributed by atoms with van der Waals surface area (Å²) in [5.74, 6) is 1.05. The molecule has 2 atom stereocenters. The molecule has 1 saturated carbocycles. The molecule has 0 aromatic rings. The maximum Gasteiger partial charge on any atom is 0.230 e. The van der Waals surface area contributed by atoms with Crippen molar-refractivity contribution in [3.05, 3.63) is 0 Å². The van der Waals surface area contributed by atoms with Crippen LogP contribution in [0.5, 0.6) is 0 Å². The standard InChI is InChI=1S/C21H41N5O2.HI/c1-6-22-20(23-12-9-13-26-14-17(2)28-18(3)15-26)24-16-21(10-7-8-11-21)19(27)25(4)5;/h17-18H,6-16H2,1-5H3,(H2,22,23,24);1H. The van der Waals surface area contributed by atoms with Crippen molar-refractivity contribution in [1.29, 1.82) is 0 Å². The molecule has 7 nitrogen and oxygen atoms in total. The number of morpholine rings is 1. The van der Waals surface area contributed by atoms with E-state index < -0.39 is 0 Å². The number of hydrogen-bond donors (Lipinski definition) is 2. The summed E-state index contributed by atoms with van der Waals surface area (Å²) >= 11 is 0. The van der Waals surface area contributed by atoms with Gasteiger partial charge in [-0.15, -0.1) is 24.0 Å². The quantitative estimate of drug-likeness (QED) is 0.221. The minimum atomic E-state index is -0.314. The van der Waals surface area contributed by atoms with Crippen molar-refractivity contribution in [1.82, 2.24) is 20.4 Å². The van der Waals surface area contributed by atoms with Gasteiger partial charge in [0.05, 0.1) is 24.2 Å². The Hall–Kier alpha value is -0.610. The van der Waals surface area contributed by atoms with Gasteiger partial charge in [-0.3, -0.25) is 14.7 Å². The Balaban J connectivity index is 0.00000420. The fourth-order valence-corrected chi connectivity index (χ4v) is 4.51. The highest BCUT2D eigenvalue weighted by atomic mass is 127. The molecule has 1 heterocycles. The zero-order valence-electron chi connectivity index (χ0n) is 19.0. The molecular formula is C21H42IN5O2. The van der Waals surface area contributed by atoms with Crippen molar-refractivity contribution < 1.29 is 9.53 Å². The van der Waals surface area contributed by atoms with Crippen LogP contribution in [0.3, 0.4) is 0 Å². The first-order valence-corrected chi connectivity index (χ1v) is 11.0. The van der Waals surface area contributed by atoms with Crippen molar-refractivity contribution in [2.45, 2.75) is 65.1 Å². The smallest absolute Gasteiger partial charge is 0.230 e. The summed E-state index contributed by atoms with van der Waals surface area (Å²) in [4.78, 5) is 21.7. The lowest BCUT2D eigenvalue weighted by molar-refractivity contribution is -0.138. The highest BCUT2D eigenvalue weighted by molar-refractivity contribution is 14.0. The maximum absolute atomic E-state index is 12.7. The Morgan fingerprint density at radius 3 is 2.34 bits per heavy atom. The second-order valence-electron chi connectivity index (χ2n) is 8.68. The Morgan fingerprint density at radius 2 is 1.79 bits per heavy atom. The van der Waals surface area contributed by atoms with Crippen LogP contribution >= 0.6 is 24.0 Å². The number of amides is 1. The van der Waals surface area contributed by atoms with Gasteiger partial charge in [-0.05, 0) is 40.0 Å². The molecule has 1 aliphatic heterocycles. The molecule has 1 aliphatic carbocycles. The summed E-state index contributed by atoms with van der Waals surface area (Å²) in [6, 6.07) is 0. The predicted octanol–water partition coefficient (Wildman–Crippen LogP) is 2.31. The van der Waals surface area contributed by atoms with E-state index in [1.165, 1.54) is 0 Å². The van der Waals surface area contributed by atoms with E-state index in [1.54, 1.807) is 4.90 Å². The summed E-state index contributed by atoms with van der Waals surface area (Å²) in [6.07, 6.45) is 5.82. The van der Waals surface area contributed by atoms with Crippen LogP contribution < -0.4 is 10.6 Å². The fraction of sp³-hybridized carbons (Fsp3) is 0.905. The Labute approximate surface area is 194 Å². The van der Waals surface area contributed by atoms with Crippen LogP contribution in [0.15, 0.2) is 4.99 Å². The second-order valence-corrected chi connectivity index (χ2v) is 8.68. The third-order valence-corrected chi connectivity index (χ3v) is 5.74. The number of nitrogens with zero attached hydrogens (tertiary/aromatic N) is 3. The molecule has 29 heavy (non-hydrogen) atoms. The zero-order valence-corrected chi connectivity index (χ0v) is 21.3. The lowest BCUT2D eigenvalue weighted by Gasteiger charge is -2.35. The normalized spacial score (nSPS) is 24.7. The molecule has 2 rings (SSSR count). The van der Waals surface area contributed by atoms with E-state index in [9.17, 15) is 4.79 Å². The van der Waals surface area contributed by atoms with Crippen LogP contribution in [0.25, 0.3) is 0 Å². The van der Waals surface area contributed by atoms with E-state index in [4.69, 9.17) is 9.73 Å². The van der Waals surface area contributed by atoms with Gasteiger partial charge in [0.15, 0.2) is 5.96 Å². The lowest BCUT2D eigenvalue weighted by atomic mass is 9.85. The topological polar surface area (TPSA) is 69.2 Å². The van der Waals surface area contributed by atoms with Crippen molar-refractivity contribution in [3.8, 4) is 0 Å².